The Labute approximate surface area is 149 Å². The molecule has 0 unspecified atom stereocenters. The molecule has 0 saturated carbocycles. The fourth-order valence-corrected chi connectivity index (χ4v) is 3.28. The zero-order valence-electron chi connectivity index (χ0n) is 14.2. The van der Waals surface area contributed by atoms with Crippen LogP contribution in [-0.2, 0) is 17.7 Å². The van der Waals surface area contributed by atoms with Crippen LogP contribution in [0.25, 0.3) is 11.7 Å². The highest BCUT2D eigenvalue weighted by atomic mass is 16.5. The lowest BCUT2D eigenvalue weighted by Crippen LogP contribution is -2.29. The summed E-state index contributed by atoms with van der Waals surface area (Å²) in [7, 11) is 0. The maximum atomic E-state index is 11.9. The molecule has 0 spiro atoms. The summed E-state index contributed by atoms with van der Waals surface area (Å²) in [5.74, 6) is -0.182. The van der Waals surface area contributed by atoms with Gasteiger partial charge in [-0.15, -0.1) is 5.10 Å². The van der Waals surface area contributed by atoms with Crippen molar-refractivity contribution < 1.29 is 18.7 Å². The predicted molar refractivity (Wildman–Crippen MR) is 92.5 cm³/mol. The van der Waals surface area contributed by atoms with Crippen LogP contribution in [0.5, 0.6) is 0 Å². The van der Waals surface area contributed by atoms with Crippen LogP contribution < -0.4 is 5.76 Å². The molecular weight excluding hydrogens is 336 g/mol. The monoisotopic (exact) mass is 356 g/mol. The lowest BCUT2D eigenvalue weighted by atomic mass is 9.89. The van der Waals surface area contributed by atoms with E-state index in [2.05, 4.69) is 17.2 Å². The Balaban J connectivity index is 1.38. The first-order valence-corrected chi connectivity index (χ1v) is 8.70. The molecule has 136 valence electrons. The number of aromatic nitrogens is 2. The second-order valence-electron chi connectivity index (χ2n) is 6.40. The van der Waals surface area contributed by atoms with Gasteiger partial charge in [-0.05, 0) is 42.5 Å². The summed E-state index contributed by atoms with van der Waals surface area (Å²) >= 11 is 0. The van der Waals surface area contributed by atoms with Crippen molar-refractivity contribution in [2.75, 3.05) is 6.61 Å². The van der Waals surface area contributed by atoms with Gasteiger partial charge in [0.25, 0.3) is 5.89 Å². The minimum atomic E-state index is -0.865. The van der Waals surface area contributed by atoms with E-state index in [0.29, 0.717) is 5.76 Å². The lowest BCUT2D eigenvalue weighted by Gasteiger charge is -2.26. The Bertz CT molecular complexity index is 912. The molecule has 2 atom stereocenters. The van der Waals surface area contributed by atoms with Crippen LogP contribution in [0.1, 0.15) is 30.1 Å². The van der Waals surface area contributed by atoms with Crippen LogP contribution in [-0.4, -0.2) is 27.6 Å². The second-order valence-corrected chi connectivity index (χ2v) is 6.40. The first-order chi connectivity index (χ1) is 12.7. The van der Waals surface area contributed by atoms with E-state index in [9.17, 15) is 9.90 Å². The summed E-state index contributed by atoms with van der Waals surface area (Å²) in [5, 5.41) is 14.3. The molecule has 2 aromatic heterocycles. The highest BCUT2D eigenvalue weighted by Gasteiger charge is 2.22. The number of aliphatic hydroxyl groups excluding tert-OH is 1. The number of rotatable bonds is 6. The van der Waals surface area contributed by atoms with E-state index in [-0.39, 0.29) is 25.1 Å². The van der Waals surface area contributed by atoms with Gasteiger partial charge in [0.15, 0.2) is 5.76 Å². The van der Waals surface area contributed by atoms with E-state index in [1.807, 2.05) is 12.1 Å². The van der Waals surface area contributed by atoms with Gasteiger partial charge in [0.05, 0.1) is 31.6 Å². The molecule has 7 heteroatoms. The van der Waals surface area contributed by atoms with Crippen molar-refractivity contribution in [3.63, 3.8) is 0 Å². The third kappa shape index (κ3) is 3.49. The Morgan fingerprint density at radius 1 is 1.31 bits per heavy atom. The molecule has 2 heterocycles. The summed E-state index contributed by atoms with van der Waals surface area (Å²) in [6, 6.07) is 11.6. The molecular formula is C19H20N2O5. The van der Waals surface area contributed by atoms with Gasteiger partial charge in [0.1, 0.15) is 0 Å². The van der Waals surface area contributed by atoms with Crippen LogP contribution in [0, 0.1) is 0 Å². The molecule has 4 rings (SSSR count). The van der Waals surface area contributed by atoms with Crippen LogP contribution in [0.2, 0.25) is 0 Å². The second kappa shape index (κ2) is 7.31. The summed E-state index contributed by atoms with van der Waals surface area (Å²) < 4.78 is 17.2. The van der Waals surface area contributed by atoms with Crippen LogP contribution in [0.3, 0.4) is 0 Å². The largest absolute Gasteiger partial charge is 0.459 e. The van der Waals surface area contributed by atoms with E-state index in [1.54, 1.807) is 12.1 Å². The molecule has 7 nitrogen and oxygen atoms in total. The standard InChI is InChI=1S/C19H20N2O5/c22-14(11-21-19(23)26-18(20-21)17-9-4-10-24-17)12-25-16-8-3-6-13-5-1-2-7-15(13)16/h1-2,4-5,7,9-10,14,16,22H,3,6,8,11-12H2/t14-,16-/m0/s1. The first kappa shape index (κ1) is 16.8. The van der Waals surface area contributed by atoms with Crippen molar-refractivity contribution in [2.24, 2.45) is 0 Å². The highest BCUT2D eigenvalue weighted by molar-refractivity contribution is 5.42. The molecule has 1 N–H and O–H groups in total. The van der Waals surface area contributed by atoms with Gasteiger partial charge in [0.2, 0.25) is 0 Å². The number of hydrogen-bond acceptors (Lipinski definition) is 6. The number of ether oxygens (including phenoxy) is 1. The van der Waals surface area contributed by atoms with E-state index in [4.69, 9.17) is 13.6 Å². The van der Waals surface area contributed by atoms with Gasteiger partial charge < -0.3 is 18.7 Å². The predicted octanol–water partition coefficient (Wildman–Crippen LogP) is 2.55. The Morgan fingerprint density at radius 2 is 2.19 bits per heavy atom. The minimum absolute atomic E-state index is 0.00257. The zero-order valence-corrected chi connectivity index (χ0v) is 14.2. The molecule has 1 aliphatic carbocycles. The SMILES string of the molecule is O=c1oc(-c2ccco2)nn1C[C@H](O)CO[C@H]1CCCc2ccccc21. The summed E-state index contributed by atoms with van der Waals surface area (Å²) in [6.45, 7) is 0.117. The zero-order chi connectivity index (χ0) is 17.9. The maximum absolute atomic E-state index is 11.9. The van der Waals surface area contributed by atoms with Crippen LogP contribution >= 0.6 is 0 Å². The average Bonchev–Trinajstić information content (AvgIpc) is 3.30. The van der Waals surface area contributed by atoms with E-state index in [0.717, 1.165) is 23.9 Å². The molecule has 0 radical (unpaired) electrons. The number of hydrogen-bond donors (Lipinski definition) is 1. The first-order valence-electron chi connectivity index (χ1n) is 8.70. The highest BCUT2D eigenvalue weighted by Crippen LogP contribution is 2.32. The van der Waals surface area contributed by atoms with Crippen molar-refractivity contribution in [3.8, 4) is 11.7 Å². The third-order valence-electron chi connectivity index (χ3n) is 4.53. The molecule has 0 amide bonds. The Morgan fingerprint density at radius 3 is 3.04 bits per heavy atom. The molecule has 3 aromatic rings. The summed E-state index contributed by atoms with van der Waals surface area (Å²) in [5.41, 5.74) is 2.48. The average molecular weight is 356 g/mol. The lowest BCUT2D eigenvalue weighted by molar-refractivity contribution is -0.0241. The number of aliphatic hydroxyl groups is 1. The summed E-state index contributed by atoms with van der Waals surface area (Å²) in [4.78, 5) is 11.9. The number of fused-ring (bicyclic) bond motifs is 1. The van der Waals surface area contributed by atoms with Crippen molar-refractivity contribution >= 4 is 0 Å². The van der Waals surface area contributed by atoms with Crippen LogP contribution in [0.15, 0.2) is 56.3 Å². The molecule has 0 bridgehead atoms. The van der Waals surface area contributed by atoms with E-state index in [1.165, 1.54) is 17.4 Å². The van der Waals surface area contributed by atoms with Crippen LogP contribution in [0.4, 0.5) is 0 Å². The van der Waals surface area contributed by atoms with Crippen molar-refractivity contribution in [3.05, 3.63) is 64.3 Å². The fourth-order valence-electron chi connectivity index (χ4n) is 3.28. The minimum Gasteiger partial charge on any atom is -0.459 e. The number of aryl methyl sites for hydroxylation is 1. The molecule has 0 saturated heterocycles. The molecule has 0 fully saturated rings. The van der Waals surface area contributed by atoms with Crippen molar-refractivity contribution in [1.29, 1.82) is 0 Å². The van der Waals surface area contributed by atoms with E-state index < -0.39 is 11.9 Å². The number of nitrogens with zero attached hydrogens (tertiary/aromatic N) is 2. The smallest absolute Gasteiger partial charge is 0.437 e. The molecule has 26 heavy (non-hydrogen) atoms. The van der Waals surface area contributed by atoms with Gasteiger partial charge >= 0.3 is 5.76 Å². The molecule has 1 aromatic carbocycles. The van der Waals surface area contributed by atoms with Gasteiger partial charge in [-0.1, -0.05) is 24.3 Å². The third-order valence-corrected chi connectivity index (χ3v) is 4.53. The van der Waals surface area contributed by atoms with Crippen molar-refractivity contribution in [2.45, 2.75) is 38.0 Å². The van der Waals surface area contributed by atoms with Crippen molar-refractivity contribution in [1.82, 2.24) is 9.78 Å². The normalized spacial score (nSPS) is 17.8. The Kier molecular flexibility index (Phi) is 4.73. The topological polar surface area (TPSA) is 90.6 Å². The molecule has 1 aliphatic rings. The quantitative estimate of drug-likeness (QED) is 0.730. The maximum Gasteiger partial charge on any atom is 0.437 e. The Hall–Kier alpha value is -2.64. The number of furan rings is 1. The summed E-state index contributed by atoms with van der Waals surface area (Å²) in [6.07, 6.45) is 3.63. The number of benzene rings is 1. The fraction of sp³-hybridized carbons (Fsp3) is 0.368. The molecule has 0 aliphatic heterocycles. The van der Waals surface area contributed by atoms with E-state index >= 15 is 0 Å². The van der Waals surface area contributed by atoms with Gasteiger partial charge in [-0.25, -0.2) is 4.79 Å². The van der Waals surface area contributed by atoms with Gasteiger partial charge in [-0.2, -0.15) is 4.68 Å². The van der Waals surface area contributed by atoms with Gasteiger partial charge in [0, 0.05) is 0 Å². The van der Waals surface area contributed by atoms with Gasteiger partial charge in [-0.3, -0.25) is 0 Å².